The summed E-state index contributed by atoms with van der Waals surface area (Å²) in [5.41, 5.74) is 6.58. The first-order valence-electron chi connectivity index (χ1n) is 8.60. The van der Waals surface area contributed by atoms with Crippen LogP contribution < -0.4 is 16.4 Å². The van der Waals surface area contributed by atoms with Crippen molar-refractivity contribution in [2.24, 2.45) is 5.73 Å². The molecule has 0 fully saturated rings. The van der Waals surface area contributed by atoms with Gasteiger partial charge in [-0.05, 0) is 42.8 Å². The Kier molecular flexibility index (Phi) is 7.57. The molecule has 0 spiro atoms. The van der Waals surface area contributed by atoms with E-state index in [1.165, 1.54) is 13.0 Å². The quantitative estimate of drug-likeness (QED) is 0.599. The summed E-state index contributed by atoms with van der Waals surface area (Å²) in [7, 11) is 0. The van der Waals surface area contributed by atoms with Crippen LogP contribution in [0, 0.1) is 11.3 Å². The molecule has 150 valence electrons. The largest absolute Gasteiger partial charge is 0.452 e. The van der Waals surface area contributed by atoms with Crippen LogP contribution >= 0.6 is 11.6 Å². The van der Waals surface area contributed by atoms with Gasteiger partial charge in [0.2, 0.25) is 0 Å². The van der Waals surface area contributed by atoms with Crippen LogP contribution in [0.25, 0.3) is 0 Å². The molecule has 0 heterocycles. The number of ether oxygens (including phenoxy) is 1. The normalized spacial score (nSPS) is 12.2. The highest BCUT2D eigenvalue weighted by molar-refractivity contribution is 6.30. The van der Waals surface area contributed by atoms with E-state index in [2.05, 4.69) is 10.6 Å². The molecule has 8 nitrogen and oxygen atoms in total. The molecule has 0 radical (unpaired) electrons. The molecule has 2 aromatic rings. The SMILES string of the molecule is C[C@H](OC(=O)C[C@@H](NC(N)=O)c1ccc(Cl)cc1)C(=O)Nc1cccc(C#N)c1. The third-order valence-corrected chi connectivity index (χ3v) is 4.15. The van der Waals surface area contributed by atoms with Crippen LogP contribution in [0.4, 0.5) is 10.5 Å². The van der Waals surface area contributed by atoms with Crippen LogP contribution in [0.3, 0.4) is 0 Å². The molecule has 2 aromatic carbocycles. The summed E-state index contributed by atoms with van der Waals surface area (Å²) < 4.78 is 5.16. The number of benzene rings is 2. The summed E-state index contributed by atoms with van der Waals surface area (Å²) >= 11 is 5.85. The number of hydrogen-bond donors (Lipinski definition) is 3. The zero-order chi connectivity index (χ0) is 21.4. The predicted molar refractivity (Wildman–Crippen MR) is 107 cm³/mol. The lowest BCUT2D eigenvalue weighted by molar-refractivity contribution is -0.153. The topological polar surface area (TPSA) is 134 Å². The first kappa shape index (κ1) is 21.7. The summed E-state index contributed by atoms with van der Waals surface area (Å²) in [4.78, 5) is 35.8. The standard InChI is InChI=1S/C20H19ClN4O4/c1-12(19(27)24-16-4-2-3-13(9-16)11-22)29-18(26)10-17(25-20(23)28)14-5-7-15(21)8-6-14/h2-9,12,17H,10H2,1H3,(H,24,27)(H3,23,25,28)/t12-,17+/m0/s1. The predicted octanol–water partition coefficient (Wildman–Crippen LogP) is 2.88. The third kappa shape index (κ3) is 6.83. The molecule has 0 aliphatic rings. The minimum Gasteiger partial charge on any atom is -0.452 e. The Hall–Kier alpha value is -3.57. The number of carbonyl (C=O) groups excluding carboxylic acids is 3. The van der Waals surface area contributed by atoms with Crippen molar-refractivity contribution in [3.8, 4) is 6.07 Å². The molecule has 2 atom stereocenters. The lowest BCUT2D eigenvalue weighted by atomic mass is 10.0. The molecular formula is C20H19ClN4O4. The Morgan fingerprint density at radius 2 is 1.90 bits per heavy atom. The van der Waals surface area contributed by atoms with Gasteiger partial charge in [0.1, 0.15) is 0 Å². The number of hydrogen-bond acceptors (Lipinski definition) is 5. The first-order chi connectivity index (χ1) is 13.8. The Labute approximate surface area is 172 Å². The Bertz CT molecular complexity index is 940. The van der Waals surface area contributed by atoms with Gasteiger partial charge in [-0.25, -0.2) is 4.79 Å². The minimum absolute atomic E-state index is 0.230. The van der Waals surface area contributed by atoms with Gasteiger partial charge in [-0.15, -0.1) is 0 Å². The van der Waals surface area contributed by atoms with Crippen LogP contribution in [-0.4, -0.2) is 24.0 Å². The number of urea groups is 1. The van der Waals surface area contributed by atoms with Crippen LogP contribution in [0.1, 0.15) is 30.5 Å². The summed E-state index contributed by atoms with van der Waals surface area (Å²) in [6.07, 6.45) is -1.32. The average molecular weight is 415 g/mol. The molecule has 0 saturated carbocycles. The van der Waals surface area contributed by atoms with E-state index < -0.39 is 30.1 Å². The maximum Gasteiger partial charge on any atom is 0.312 e. The van der Waals surface area contributed by atoms with E-state index in [0.29, 0.717) is 21.8 Å². The number of rotatable bonds is 7. The number of nitrogens with zero attached hydrogens (tertiary/aromatic N) is 1. The van der Waals surface area contributed by atoms with Gasteiger partial charge in [0, 0.05) is 10.7 Å². The number of nitriles is 1. The first-order valence-corrected chi connectivity index (χ1v) is 8.98. The number of anilines is 1. The Balaban J connectivity index is 1.98. The van der Waals surface area contributed by atoms with Crippen molar-refractivity contribution in [3.05, 3.63) is 64.7 Å². The fraction of sp³-hybridized carbons (Fsp3) is 0.200. The van der Waals surface area contributed by atoms with Gasteiger partial charge >= 0.3 is 12.0 Å². The number of amides is 3. The van der Waals surface area contributed by atoms with Gasteiger partial charge in [0.05, 0.1) is 24.1 Å². The molecule has 0 aromatic heterocycles. The summed E-state index contributed by atoms with van der Waals surface area (Å²) in [5, 5.41) is 14.4. The van der Waals surface area contributed by atoms with Crippen molar-refractivity contribution in [3.63, 3.8) is 0 Å². The lowest BCUT2D eigenvalue weighted by Crippen LogP contribution is -2.36. The smallest absolute Gasteiger partial charge is 0.312 e. The van der Waals surface area contributed by atoms with Crippen LogP contribution in [0.2, 0.25) is 5.02 Å². The maximum atomic E-state index is 12.3. The second-order valence-corrected chi connectivity index (χ2v) is 6.57. The number of esters is 1. The van der Waals surface area contributed by atoms with E-state index in [9.17, 15) is 14.4 Å². The molecule has 0 aliphatic carbocycles. The zero-order valence-corrected chi connectivity index (χ0v) is 16.3. The maximum absolute atomic E-state index is 12.3. The van der Waals surface area contributed by atoms with Crippen molar-refractivity contribution in [2.45, 2.75) is 25.5 Å². The molecule has 3 amide bonds. The molecule has 0 aliphatic heterocycles. The zero-order valence-electron chi connectivity index (χ0n) is 15.5. The Morgan fingerprint density at radius 1 is 1.21 bits per heavy atom. The van der Waals surface area contributed by atoms with Crippen LogP contribution in [0.15, 0.2) is 48.5 Å². The Morgan fingerprint density at radius 3 is 2.52 bits per heavy atom. The van der Waals surface area contributed by atoms with Crippen molar-refractivity contribution >= 4 is 35.2 Å². The number of halogens is 1. The molecule has 0 saturated heterocycles. The summed E-state index contributed by atoms with van der Waals surface area (Å²) in [6, 6.07) is 13.3. The highest BCUT2D eigenvalue weighted by atomic mass is 35.5. The fourth-order valence-electron chi connectivity index (χ4n) is 2.49. The summed E-state index contributed by atoms with van der Waals surface area (Å²) in [5.74, 6) is -1.26. The molecule has 9 heteroatoms. The van der Waals surface area contributed by atoms with Crippen LogP contribution in [-0.2, 0) is 14.3 Å². The average Bonchev–Trinajstić information content (AvgIpc) is 2.67. The van der Waals surface area contributed by atoms with E-state index in [4.69, 9.17) is 27.3 Å². The van der Waals surface area contributed by atoms with Gasteiger partial charge in [-0.1, -0.05) is 29.8 Å². The van der Waals surface area contributed by atoms with E-state index in [0.717, 1.165) is 0 Å². The summed E-state index contributed by atoms with van der Waals surface area (Å²) in [6.45, 7) is 1.42. The van der Waals surface area contributed by atoms with Crippen molar-refractivity contribution in [2.75, 3.05) is 5.32 Å². The number of nitrogens with two attached hydrogens (primary N) is 1. The highest BCUT2D eigenvalue weighted by Crippen LogP contribution is 2.20. The van der Waals surface area contributed by atoms with E-state index in [1.807, 2.05) is 6.07 Å². The van der Waals surface area contributed by atoms with Gasteiger partial charge < -0.3 is 21.1 Å². The lowest BCUT2D eigenvalue weighted by Gasteiger charge is -2.19. The molecule has 0 unspecified atom stereocenters. The van der Waals surface area contributed by atoms with Crippen molar-refractivity contribution in [1.82, 2.24) is 5.32 Å². The second kappa shape index (κ2) is 10.1. The molecule has 29 heavy (non-hydrogen) atoms. The highest BCUT2D eigenvalue weighted by Gasteiger charge is 2.23. The third-order valence-electron chi connectivity index (χ3n) is 3.90. The second-order valence-electron chi connectivity index (χ2n) is 6.13. The number of primary amides is 1. The molecule has 4 N–H and O–H groups in total. The van der Waals surface area contributed by atoms with E-state index in [1.54, 1.807) is 42.5 Å². The van der Waals surface area contributed by atoms with Gasteiger partial charge in [-0.3, -0.25) is 9.59 Å². The van der Waals surface area contributed by atoms with E-state index >= 15 is 0 Å². The monoisotopic (exact) mass is 414 g/mol. The van der Waals surface area contributed by atoms with Crippen LogP contribution in [0.5, 0.6) is 0 Å². The molecule has 2 rings (SSSR count). The molecule has 0 bridgehead atoms. The molecular weight excluding hydrogens is 396 g/mol. The minimum atomic E-state index is -1.09. The van der Waals surface area contributed by atoms with Gasteiger partial charge in [0.15, 0.2) is 6.10 Å². The van der Waals surface area contributed by atoms with Gasteiger partial charge in [-0.2, -0.15) is 5.26 Å². The fourth-order valence-corrected chi connectivity index (χ4v) is 2.62. The van der Waals surface area contributed by atoms with Gasteiger partial charge in [0.25, 0.3) is 5.91 Å². The number of carbonyl (C=O) groups is 3. The van der Waals surface area contributed by atoms with E-state index in [-0.39, 0.29) is 6.42 Å². The van der Waals surface area contributed by atoms with Crippen molar-refractivity contribution in [1.29, 1.82) is 5.26 Å². The van der Waals surface area contributed by atoms with Crippen molar-refractivity contribution < 1.29 is 19.1 Å². The number of nitrogens with one attached hydrogen (secondary N) is 2.